The normalized spacial score (nSPS) is 24.7. The number of hydrogen-bond donors (Lipinski definition) is 0. The van der Waals surface area contributed by atoms with E-state index < -0.39 is 0 Å². The van der Waals surface area contributed by atoms with Crippen molar-refractivity contribution in [1.82, 2.24) is 0 Å². The Morgan fingerprint density at radius 2 is 1.88 bits per heavy atom. The standard InChI is InChI=1S/C14H18O2/c1-9-6-10(2)8-12(7-9)14(15)13-4-5-16-11(13)3/h6-8,11,13H,4-5H2,1-3H3. The Bertz CT molecular complexity index is 389. The number of carbonyl (C=O) groups excluding carboxylic acids is 1. The van der Waals surface area contributed by atoms with Gasteiger partial charge in [0.2, 0.25) is 0 Å². The van der Waals surface area contributed by atoms with Gasteiger partial charge < -0.3 is 4.74 Å². The van der Waals surface area contributed by atoms with E-state index in [9.17, 15) is 4.79 Å². The quantitative estimate of drug-likeness (QED) is 0.713. The molecule has 16 heavy (non-hydrogen) atoms. The van der Waals surface area contributed by atoms with Gasteiger partial charge in [0, 0.05) is 12.2 Å². The van der Waals surface area contributed by atoms with Gasteiger partial charge in [0.1, 0.15) is 0 Å². The molecule has 2 unspecified atom stereocenters. The third kappa shape index (κ3) is 2.17. The largest absolute Gasteiger partial charge is 0.378 e. The van der Waals surface area contributed by atoms with Crippen LogP contribution < -0.4 is 0 Å². The van der Waals surface area contributed by atoms with Crippen molar-refractivity contribution < 1.29 is 9.53 Å². The number of benzene rings is 1. The molecule has 2 nitrogen and oxygen atoms in total. The molecule has 2 rings (SSSR count). The first-order valence-electron chi connectivity index (χ1n) is 5.82. The summed E-state index contributed by atoms with van der Waals surface area (Å²) in [6.45, 7) is 6.75. The maximum absolute atomic E-state index is 12.3. The number of Topliss-reactive ketones (excluding diaryl/α,β-unsaturated/α-hetero) is 1. The second kappa shape index (κ2) is 4.38. The number of ether oxygens (including phenoxy) is 1. The van der Waals surface area contributed by atoms with Crippen LogP contribution in [0.15, 0.2) is 18.2 Å². The van der Waals surface area contributed by atoms with E-state index in [0.717, 1.165) is 23.1 Å². The van der Waals surface area contributed by atoms with Crippen LogP contribution in [0.25, 0.3) is 0 Å². The lowest BCUT2D eigenvalue weighted by molar-refractivity contribution is 0.0764. The average molecular weight is 218 g/mol. The number of rotatable bonds is 2. The highest BCUT2D eigenvalue weighted by Crippen LogP contribution is 2.25. The van der Waals surface area contributed by atoms with Crippen LogP contribution in [-0.4, -0.2) is 18.5 Å². The van der Waals surface area contributed by atoms with Crippen molar-refractivity contribution in [3.63, 3.8) is 0 Å². The van der Waals surface area contributed by atoms with Gasteiger partial charge in [-0.15, -0.1) is 0 Å². The summed E-state index contributed by atoms with van der Waals surface area (Å²) in [5.41, 5.74) is 3.13. The lowest BCUT2D eigenvalue weighted by Crippen LogP contribution is -2.21. The molecule has 86 valence electrons. The van der Waals surface area contributed by atoms with Gasteiger partial charge in [0.15, 0.2) is 5.78 Å². The summed E-state index contributed by atoms with van der Waals surface area (Å²) < 4.78 is 5.45. The van der Waals surface area contributed by atoms with E-state index in [0.29, 0.717) is 6.61 Å². The van der Waals surface area contributed by atoms with E-state index in [1.807, 2.05) is 32.9 Å². The van der Waals surface area contributed by atoms with Gasteiger partial charge in [-0.25, -0.2) is 0 Å². The summed E-state index contributed by atoms with van der Waals surface area (Å²) in [6, 6.07) is 6.03. The fourth-order valence-corrected chi connectivity index (χ4v) is 2.41. The maximum Gasteiger partial charge on any atom is 0.168 e. The topological polar surface area (TPSA) is 26.3 Å². The van der Waals surface area contributed by atoms with Crippen molar-refractivity contribution in [2.45, 2.75) is 33.3 Å². The van der Waals surface area contributed by atoms with Gasteiger partial charge in [-0.1, -0.05) is 17.2 Å². The van der Waals surface area contributed by atoms with E-state index in [1.54, 1.807) is 0 Å². The monoisotopic (exact) mass is 218 g/mol. The fraction of sp³-hybridized carbons (Fsp3) is 0.500. The second-order valence-electron chi connectivity index (χ2n) is 4.71. The fourth-order valence-electron chi connectivity index (χ4n) is 2.41. The minimum Gasteiger partial charge on any atom is -0.378 e. The molecule has 1 heterocycles. The lowest BCUT2D eigenvalue weighted by atomic mass is 9.91. The van der Waals surface area contributed by atoms with Crippen molar-refractivity contribution in [3.05, 3.63) is 34.9 Å². The summed E-state index contributed by atoms with van der Waals surface area (Å²) in [5.74, 6) is 0.276. The molecule has 2 atom stereocenters. The predicted octanol–water partition coefficient (Wildman–Crippen LogP) is 2.91. The first kappa shape index (κ1) is 11.3. The van der Waals surface area contributed by atoms with Gasteiger partial charge in [0.05, 0.1) is 12.0 Å². The van der Waals surface area contributed by atoms with Crippen LogP contribution in [0, 0.1) is 19.8 Å². The molecule has 0 N–H and O–H groups in total. The Balaban J connectivity index is 2.26. The van der Waals surface area contributed by atoms with Crippen molar-refractivity contribution in [3.8, 4) is 0 Å². The van der Waals surface area contributed by atoms with Crippen LogP contribution in [0.3, 0.4) is 0 Å². The Morgan fingerprint density at radius 1 is 1.25 bits per heavy atom. The molecule has 1 aromatic carbocycles. The highest BCUT2D eigenvalue weighted by molar-refractivity contribution is 5.98. The Kier molecular flexibility index (Phi) is 3.10. The van der Waals surface area contributed by atoms with E-state index >= 15 is 0 Å². The van der Waals surface area contributed by atoms with Crippen molar-refractivity contribution in [2.75, 3.05) is 6.61 Å². The summed E-state index contributed by atoms with van der Waals surface area (Å²) in [4.78, 5) is 12.3. The average Bonchev–Trinajstić information content (AvgIpc) is 2.62. The van der Waals surface area contributed by atoms with E-state index in [1.165, 1.54) is 0 Å². The molecule has 1 saturated heterocycles. The number of ketones is 1. The van der Waals surface area contributed by atoms with Crippen molar-refractivity contribution >= 4 is 5.78 Å². The molecule has 1 aliphatic rings. The molecule has 0 spiro atoms. The molecule has 0 saturated carbocycles. The molecule has 0 amide bonds. The third-order valence-corrected chi connectivity index (χ3v) is 3.22. The first-order valence-corrected chi connectivity index (χ1v) is 5.82. The zero-order valence-corrected chi connectivity index (χ0v) is 10.1. The Morgan fingerprint density at radius 3 is 2.38 bits per heavy atom. The highest BCUT2D eigenvalue weighted by Gasteiger charge is 2.31. The van der Waals surface area contributed by atoms with E-state index in [4.69, 9.17) is 4.74 Å². The highest BCUT2D eigenvalue weighted by atomic mass is 16.5. The minimum absolute atomic E-state index is 0.0428. The summed E-state index contributed by atoms with van der Waals surface area (Å²) >= 11 is 0. The van der Waals surface area contributed by atoms with Crippen LogP contribution in [0.1, 0.15) is 34.8 Å². The molecule has 1 aromatic rings. The summed E-state index contributed by atoms with van der Waals surface area (Å²) in [5, 5.41) is 0. The van der Waals surface area contributed by atoms with Crippen LogP contribution in [0.4, 0.5) is 0 Å². The zero-order chi connectivity index (χ0) is 11.7. The van der Waals surface area contributed by atoms with Crippen LogP contribution >= 0.6 is 0 Å². The summed E-state index contributed by atoms with van der Waals surface area (Å²) in [6.07, 6.45) is 0.917. The van der Waals surface area contributed by atoms with Crippen molar-refractivity contribution in [1.29, 1.82) is 0 Å². The van der Waals surface area contributed by atoms with E-state index in [2.05, 4.69) is 6.07 Å². The minimum atomic E-state index is 0.0428. The number of hydrogen-bond acceptors (Lipinski definition) is 2. The third-order valence-electron chi connectivity index (χ3n) is 3.22. The van der Waals surface area contributed by atoms with E-state index in [-0.39, 0.29) is 17.8 Å². The Labute approximate surface area is 96.6 Å². The van der Waals surface area contributed by atoms with Crippen LogP contribution in [0.5, 0.6) is 0 Å². The first-order chi connectivity index (χ1) is 7.58. The summed E-state index contributed by atoms with van der Waals surface area (Å²) in [7, 11) is 0. The van der Waals surface area contributed by atoms with Gasteiger partial charge in [-0.2, -0.15) is 0 Å². The van der Waals surface area contributed by atoms with Gasteiger partial charge >= 0.3 is 0 Å². The van der Waals surface area contributed by atoms with Crippen LogP contribution in [0.2, 0.25) is 0 Å². The van der Waals surface area contributed by atoms with Gasteiger partial charge in [-0.05, 0) is 39.3 Å². The molecule has 2 heteroatoms. The number of aryl methyl sites for hydroxylation is 2. The molecular weight excluding hydrogens is 200 g/mol. The molecule has 1 fully saturated rings. The zero-order valence-electron chi connectivity index (χ0n) is 10.1. The smallest absolute Gasteiger partial charge is 0.168 e. The lowest BCUT2D eigenvalue weighted by Gasteiger charge is -2.13. The molecule has 1 aliphatic heterocycles. The molecule has 0 radical (unpaired) electrons. The maximum atomic E-state index is 12.3. The Hall–Kier alpha value is -1.15. The molecular formula is C14H18O2. The second-order valence-corrected chi connectivity index (χ2v) is 4.71. The van der Waals surface area contributed by atoms with Crippen LogP contribution in [-0.2, 0) is 4.74 Å². The number of carbonyl (C=O) groups is 1. The molecule has 0 bridgehead atoms. The molecule has 0 aliphatic carbocycles. The van der Waals surface area contributed by atoms with Gasteiger partial charge in [-0.3, -0.25) is 4.79 Å². The molecule has 0 aromatic heterocycles. The predicted molar refractivity (Wildman–Crippen MR) is 63.8 cm³/mol. The van der Waals surface area contributed by atoms with Crippen molar-refractivity contribution in [2.24, 2.45) is 5.92 Å². The van der Waals surface area contributed by atoms with Gasteiger partial charge in [0.25, 0.3) is 0 Å². The SMILES string of the molecule is Cc1cc(C)cc(C(=O)C2CCOC2C)c1.